The SMILES string of the molecule is C1CC2(CCN1)CCNCC2C1CNCCC12CNC2. The van der Waals surface area contributed by atoms with E-state index in [0.717, 1.165) is 11.8 Å². The van der Waals surface area contributed by atoms with Crippen LogP contribution in [0.4, 0.5) is 0 Å². The summed E-state index contributed by atoms with van der Waals surface area (Å²) in [5.41, 5.74) is 1.25. The van der Waals surface area contributed by atoms with Gasteiger partial charge in [-0.2, -0.15) is 0 Å². The fourth-order valence-electron chi connectivity index (χ4n) is 5.56. The molecule has 0 aromatic rings. The summed E-state index contributed by atoms with van der Waals surface area (Å²) in [4.78, 5) is 0. The van der Waals surface area contributed by atoms with Crippen molar-refractivity contribution in [2.45, 2.75) is 25.7 Å². The molecule has 0 amide bonds. The Balaban J connectivity index is 1.60. The fourth-order valence-corrected chi connectivity index (χ4v) is 5.56. The molecule has 0 aliphatic carbocycles. The van der Waals surface area contributed by atoms with Crippen molar-refractivity contribution in [3.63, 3.8) is 0 Å². The second-order valence-corrected chi connectivity index (χ2v) is 7.70. The summed E-state index contributed by atoms with van der Waals surface area (Å²) in [6.07, 6.45) is 5.59. The third kappa shape index (κ3) is 2.04. The first-order valence-electron chi connectivity index (χ1n) is 8.68. The van der Waals surface area contributed by atoms with Crippen LogP contribution in [0.25, 0.3) is 0 Å². The highest BCUT2D eigenvalue weighted by Gasteiger charge is 2.54. The highest BCUT2D eigenvalue weighted by Crippen LogP contribution is 2.52. The topological polar surface area (TPSA) is 48.1 Å². The van der Waals surface area contributed by atoms with Gasteiger partial charge < -0.3 is 21.3 Å². The van der Waals surface area contributed by atoms with Crippen LogP contribution in [-0.4, -0.2) is 52.4 Å². The number of nitrogens with one attached hydrogen (secondary N) is 4. The second-order valence-electron chi connectivity index (χ2n) is 7.70. The first-order valence-corrected chi connectivity index (χ1v) is 8.68. The van der Waals surface area contributed by atoms with Crippen molar-refractivity contribution in [3.8, 4) is 0 Å². The zero-order chi connectivity index (χ0) is 13.5. The summed E-state index contributed by atoms with van der Waals surface area (Å²) < 4.78 is 0. The molecule has 2 spiro atoms. The van der Waals surface area contributed by atoms with E-state index in [-0.39, 0.29) is 0 Å². The van der Waals surface area contributed by atoms with Gasteiger partial charge in [0.25, 0.3) is 0 Å². The van der Waals surface area contributed by atoms with Crippen molar-refractivity contribution in [1.82, 2.24) is 21.3 Å². The summed E-state index contributed by atoms with van der Waals surface area (Å²) in [5.74, 6) is 1.76. The Labute approximate surface area is 122 Å². The maximum absolute atomic E-state index is 3.72. The lowest BCUT2D eigenvalue weighted by molar-refractivity contribution is -0.0637. The molecular formula is C16H30N4. The molecule has 4 aliphatic rings. The van der Waals surface area contributed by atoms with Gasteiger partial charge in [-0.1, -0.05) is 0 Å². The first kappa shape index (κ1) is 13.5. The summed E-state index contributed by atoms with van der Waals surface area (Å²) in [5, 5.41) is 14.6. The Bertz CT molecular complexity index is 338. The lowest BCUT2D eigenvalue weighted by Gasteiger charge is -2.59. The molecule has 114 valence electrons. The Morgan fingerprint density at radius 2 is 1.05 bits per heavy atom. The van der Waals surface area contributed by atoms with Crippen molar-refractivity contribution in [1.29, 1.82) is 0 Å². The molecule has 0 aromatic carbocycles. The van der Waals surface area contributed by atoms with E-state index in [9.17, 15) is 0 Å². The van der Waals surface area contributed by atoms with Crippen LogP contribution in [0, 0.1) is 22.7 Å². The van der Waals surface area contributed by atoms with Gasteiger partial charge in [0.1, 0.15) is 0 Å². The Hall–Kier alpha value is -0.160. The van der Waals surface area contributed by atoms with Crippen LogP contribution in [0.5, 0.6) is 0 Å². The molecule has 0 saturated carbocycles. The maximum atomic E-state index is 3.72. The van der Waals surface area contributed by atoms with Crippen LogP contribution in [0.15, 0.2) is 0 Å². The zero-order valence-electron chi connectivity index (χ0n) is 12.6. The van der Waals surface area contributed by atoms with Crippen LogP contribution in [-0.2, 0) is 0 Å². The Kier molecular flexibility index (Phi) is 3.53. The molecule has 4 fully saturated rings. The highest BCUT2D eigenvalue weighted by molar-refractivity contribution is 5.08. The minimum Gasteiger partial charge on any atom is -0.317 e. The number of hydrogen-bond donors (Lipinski definition) is 4. The predicted molar refractivity (Wildman–Crippen MR) is 81.8 cm³/mol. The number of piperidine rings is 3. The standard InChI is InChI=1S/C16H30N4/c1-5-17-6-2-15(1)3-7-18-9-13(15)14-10-19-8-4-16(14)11-20-12-16/h13-14,17-20H,1-12H2. The van der Waals surface area contributed by atoms with Gasteiger partial charge in [0, 0.05) is 18.5 Å². The van der Waals surface area contributed by atoms with E-state index in [1.807, 2.05) is 0 Å². The van der Waals surface area contributed by atoms with E-state index in [1.54, 1.807) is 0 Å². The molecule has 4 N–H and O–H groups in total. The van der Waals surface area contributed by atoms with E-state index >= 15 is 0 Å². The van der Waals surface area contributed by atoms with Gasteiger partial charge in [-0.15, -0.1) is 0 Å². The molecule has 2 atom stereocenters. The van der Waals surface area contributed by atoms with Gasteiger partial charge in [-0.05, 0) is 82.2 Å². The number of rotatable bonds is 1. The summed E-state index contributed by atoms with van der Waals surface area (Å²) in [7, 11) is 0. The molecule has 4 nitrogen and oxygen atoms in total. The monoisotopic (exact) mass is 278 g/mol. The molecule has 20 heavy (non-hydrogen) atoms. The first-order chi connectivity index (χ1) is 9.85. The molecule has 0 radical (unpaired) electrons. The average molecular weight is 278 g/mol. The van der Waals surface area contributed by atoms with Gasteiger partial charge >= 0.3 is 0 Å². The predicted octanol–water partition coefficient (Wildman–Crippen LogP) is 0.165. The second kappa shape index (κ2) is 5.24. The van der Waals surface area contributed by atoms with Crippen LogP contribution in [0.2, 0.25) is 0 Å². The lowest BCUT2D eigenvalue weighted by atomic mass is 9.53. The quantitative estimate of drug-likeness (QED) is 0.552. The van der Waals surface area contributed by atoms with Crippen molar-refractivity contribution >= 4 is 0 Å². The van der Waals surface area contributed by atoms with E-state index in [1.165, 1.54) is 78.0 Å². The molecule has 4 heteroatoms. The molecule has 0 aromatic heterocycles. The van der Waals surface area contributed by atoms with Gasteiger partial charge in [0.15, 0.2) is 0 Å². The smallest absolute Gasteiger partial charge is 0.00240 e. The highest BCUT2D eigenvalue weighted by atomic mass is 15.0. The maximum Gasteiger partial charge on any atom is 0.00240 e. The average Bonchev–Trinajstić information content (AvgIpc) is 2.47. The van der Waals surface area contributed by atoms with Crippen LogP contribution >= 0.6 is 0 Å². The molecule has 4 saturated heterocycles. The van der Waals surface area contributed by atoms with E-state index in [0.29, 0.717) is 10.8 Å². The van der Waals surface area contributed by atoms with Crippen LogP contribution in [0.1, 0.15) is 25.7 Å². The third-order valence-electron chi connectivity index (χ3n) is 6.94. The van der Waals surface area contributed by atoms with E-state index < -0.39 is 0 Å². The molecule has 4 heterocycles. The minimum absolute atomic E-state index is 0.618. The Morgan fingerprint density at radius 1 is 0.550 bits per heavy atom. The molecular weight excluding hydrogens is 248 g/mol. The molecule has 4 rings (SSSR count). The summed E-state index contributed by atoms with van der Waals surface area (Å²) in [6, 6.07) is 0. The van der Waals surface area contributed by atoms with E-state index in [2.05, 4.69) is 21.3 Å². The van der Waals surface area contributed by atoms with Crippen molar-refractivity contribution < 1.29 is 0 Å². The van der Waals surface area contributed by atoms with Gasteiger partial charge in [0.05, 0.1) is 0 Å². The molecule has 2 unspecified atom stereocenters. The van der Waals surface area contributed by atoms with Crippen LogP contribution < -0.4 is 21.3 Å². The Morgan fingerprint density at radius 3 is 1.60 bits per heavy atom. The van der Waals surface area contributed by atoms with Gasteiger partial charge in [-0.3, -0.25) is 0 Å². The summed E-state index contributed by atoms with van der Waals surface area (Å²) in [6.45, 7) is 9.99. The minimum atomic E-state index is 0.618. The largest absolute Gasteiger partial charge is 0.317 e. The normalized spacial score (nSPS) is 39.6. The summed E-state index contributed by atoms with van der Waals surface area (Å²) >= 11 is 0. The van der Waals surface area contributed by atoms with Crippen LogP contribution in [0.3, 0.4) is 0 Å². The molecule has 0 bridgehead atoms. The van der Waals surface area contributed by atoms with Gasteiger partial charge in [0.2, 0.25) is 0 Å². The lowest BCUT2D eigenvalue weighted by Crippen LogP contribution is -2.67. The molecule has 4 aliphatic heterocycles. The van der Waals surface area contributed by atoms with Gasteiger partial charge in [-0.25, -0.2) is 0 Å². The zero-order valence-corrected chi connectivity index (χ0v) is 12.6. The number of hydrogen-bond acceptors (Lipinski definition) is 4. The fraction of sp³-hybridized carbons (Fsp3) is 1.00. The third-order valence-corrected chi connectivity index (χ3v) is 6.94. The van der Waals surface area contributed by atoms with Crippen molar-refractivity contribution in [2.75, 3.05) is 52.4 Å². The van der Waals surface area contributed by atoms with E-state index in [4.69, 9.17) is 0 Å². The van der Waals surface area contributed by atoms with Crippen molar-refractivity contribution in [2.24, 2.45) is 22.7 Å². The van der Waals surface area contributed by atoms with Crippen molar-refractivity contribution in [3.05, 3.63) is 0 Å².